The van der Waals surface area contributed by atoms with Gasteiger partial charge in [-0.1, -0.05) is 30.3 Å². The van der Waals surface area contributed by atoms with E-state index in [1.54, 1.807) is 6.33 Å². The number of likely N-dealkylation sites (tertiary alicyclic amines) is 1. The number of ether oxygens (including phenoxy) is 1. The molecule has 1 atom stereocenters. The smallest absolute Gasteiger partial charge is 0.317 e. The van der Waals surface area contributed by atoms with Gasteiger partial charge >= 0.3 is 6.03 Å². The second-order valence-corrected chi connectivity index (χ2v) is 6.45. The number of carbonyl (C=O) groups excluding carboxylic acids is 1. The minimum absolute atomic E-state index is 0.0583. The first-order valence-corrected chi connectivity index (χ1v) is 8.68. The number of hydrogen-bond donors (Lipinski definition) is 1. The lowest BCUT2D eigenvalue weighted by atomic mass is 10.1. The Balaban J connectivity index is 1.42. The van der Waals surface area contributed by atoms with E-state index >= 15 is 0 Å². The fraction of sp³-hybridized carbons (Fsp3) is 0.500. The maximum atomic E-state index is 12.4. The molecule has 0 bridgehead atoms. The number of piperidine rings is 1. The van der Waals surface area contributed by atoms with Crippen LogP contribution in [-0.4, -0.2) is 44.9 Å². The summed E-state index contributed by atoms with van der Waals surface area (Å²) in [4.78, 5) is 14.3. The molecule has 25 heavy (non-hydrogen) atoms. The molecule has 2 aromatic rings. The van der Waals surface area contributed by atoms with E-state index in [4.69, 9.17) is 4.74 Å². The number of hydrogen-bond acceptors (Lipinski definition) is 4. The molecule has 1 saturated heterocycles. The number of rotatable bonds is 5. The molecule has 1 aromatic carbocycles. The van der Waals surface area contributed by atoms with Crippen molar-refractivity contribution in [2.24, 2.45) is 7.05 Å². The highest BCUT2D eigenvalue weighted by molar-refractivity contribution is 5.74. The summed E-state index contributed by atoms with van der Waals surface area (Å²) < 4.78 is 7.79. The van der Waals surface area contributed by atoms with Crippen LogP contribution in [0.1, 0.15) is 37.2 Å². The molecule has 1 fully saturated rings. The Hall–Kier alpha value is -2.41. The number of amides is 2. The minimum atomic E-state index is -0.174. The average molecular weight is 343 g/mol. The Morgan fingerprint density at radius 2 is 2.04 bits per heavy atom. The minimum Gasteiger partial charge on any atom is -0.373 e. The first-order chi connectivity index (χ1) is 12.1. The van der Waals surface area contributed by atoms with E-state index < -0.39 is 0 Å². The summed E-state index contributed by atoms with van der Waals surface area (Å²) in [5, 5.41) is 10.9. The lowest BCUT2D eigenvalue weighted by Gasteiger charge is -2.32. The third-order valence-corrected chi connectivity index (χ3v) is 4.53. The lowest BCUT2D eigenvalue weighted by Crippen LogP contribution is -2.46. The molecule has 0 aliphatic carbocycles. The first kappa shape index (κ1) is 17.4. The van der Waals surface area contributed by atoms with E-state index in [0.29, 0.717) is 19.7 Å². The molecule has 134 valence electrons. The van der Waals surface area contributed by atoms with Gasteiger partial charge in [0.25, 0.3) is 0 Å². The van der Waals surface area contributed by atoms with Gasteiger partial charge in [-0.2, -0.15) is 0 Å². The molecule has 1 unspecified atom stereocenters. The van der Waals surface area contributed by atoms with E-state index in [-0.39, 0.29) is 18.2 Å². The Labute approximate surface area is 148 Å². The van der Waals surface area contributed by atoms with E-state index in [9.17, 15) is 4.79 Å². The summed E-state index contributed by atoms with van der Waals surface area (Å²) in [6.07, 6.45) is 3.56. The number of urea groups is 1. The first-order valence-electron chi connectivity index (χ1n) is 8.68. The van der Waals surface area contributed by atoms with Crippen LogP contribution in [-0.2, 0) is 18.4 Å². The zero-order valence-corrected chi connectivity index (χ0v) is 14.8. The van der Waals surface area contributed by atoms with Crippen molar-refractivity contribution in [3.8, 4) is 0 Å². The van der Waals surface area contributed by atoms with Crippen molar-refractivity contribution in [3.05, 3.63) is 48.0 Å². The molecule has 2 heterocycles. The molecule has 1 aliphatic heterocycles. The maximum Gasteiger partial charge on any atom is 0.317 e. The SMILES string of the molecule is CC(NC(=O)N1CCC(OCc2ccccc2)CC1)c1nncn1C. The van der Waals surface area contributed by atoms with Gasteiger partial charge in [0.15, 0.2) is 5.82 Å². The van der Waals surface area contributed by atoms with Gasteiger partial charge in [0, 0.05) is 20.1 Å². The topological polar surface area (TPSA) is 72.3 Å². The standard InChI is InChI=1S/C18H25N5O2/c1-14(17-21-19-13-22(17)2)20-18(24)23-10-8-16(9-11-23)25-12-15-6-4-3-5-7-15/h3-7,13-14,16H,8-12H2,1-2H3,(H,20,24). The predicted octanol–water partition coefficient (Wildman–Crippen LogP) is 2.27. The summed E-state index contributed by atoms with van der Waals surface area (Å²) in [6.45, 7) is 3.95. The normalized spacial score (nSPS) is 16.6. The van der Waals surface area contributed by atoms with Crippen molar-refractivity contribution in [2.75, 3.05) is 13.1 Å². The second kappa shape index (κ2) is 8.11. The predicted molar refractivity (Wildman–Crippen MR) is 93.8 cm³/mol. The molecule has 0 spiro atoms. The van der Waals surface area contributed by atoms with Gasteiger partial charge in [-0.3, -0.25) is 0 Å². The van der Waals surface area contributed by atoms with Crippen LogP contribution in [0.4, 0.5) is 4.79 Å². The maximum absolute atomic E-state index is 12.4. The van der Waals surface area contributed by atoms with Crippen LogP contribution in [0.2, 0.25) is 0 Å². The lowest BCUT2D eigenvalue weighted by molar-refractivity contribution is 0.00430. The molecular weight excluding hydrogens is 318 g/mol. The van der Waals surface area contributed by atoms with Crippen molar-refractivity contribution < 1.29 is 9.53 Å². The van der Waals surface area contributed by atoms with Gasteiger partial charge in [-0.05, 0) is 25.3 Å². The summed E-state index contributed by atoms with van der Waals surface area (Å²) in [5.41, 5.74) is 1.18. The van der Waals surface area contributed by atoms with Crippen LogP contribution in [0.3, 0.4) is 0 Å². The van der Waals surface area contributed by atoms with Crippen LogP contribution >= 0.6 is 0 Å². The highest BCUT2D eigenvalue weighted by Crippen LogP contribution is 2.17. The zero-order valence-electron chi connectivity index (χ0n) is 14.8. The summed E-state index contributed by atoms with van der Waals surface area (Å²) in [6, 6.07) is 9.94. The van der Waals surface area contributed by atoms with E-state index in [2.05, 4.69) is 27.6 Å². The van der Waals surface area contributed by atoms with Gasteiger partial charge in [0.05, 0.1) is 18.8 Å². The molecule has 7 heteroatoms. The van der Waals surface area contributed by atoms with E-state index in [1.807, 2.05) is 41.6 Å². The Kier molecular flexibility index (Phi) is 5.65. The van der Waals surface area contributed by atoms with Crippen LogP contribution in [0, 0.1) is 0 Å². The summed E-state index contributed by atoms with van der Waals surface area (Å²) >= 11 is 0. The fourth-order valence-electron chi connectivity index (χ4n) is 3.04. The number of carbonyl (C=O) groups is 1. The second-order valence-electron chi connectivity index (χ2n) is 6.45. The van der Waals surface area contributed by atoms with Gasteiger partial charge in [-0.25, -0.2) is 4.79 Å². The molecule has 1 aliphatic rings. The highest BCUT2D eigenvalue weighted by atomic mass is 16.5. The molecule has 1 aromatic heterocycles. The monoisotopic (exact) mass is 343 g/mol. The van der Waals surface area contributed by atoms with E-state index in [0.717, 1.165) is 18.7 Å². The summed E-state index contributed by atoms with van der Waals surface area (Å²) in [5.74, 6) is 0.745. The molecule has 7 nitrogen and oxygen atoms in total. The van der Waals surface area contributed by atoms with Crippen molar-refractivity contribution in [2.45, 2.75) is 38.5 Å². The molecule has 2 amide bonds. The summed E-state index contributed by atoms with van der Waals surface area (Å²) in [7, 11) is 1.87. The van der Waals surface area contributed by atoms with Crippen LogP contribution < -0.4 is 5.32 Å². The van der Waals surface area contributed by atoms with Crippen molar-refractivity contribution in [3.63, 3.8) is 0 Å². The quantitative estimate of drug-likeness (QED) is 0.904. The van der Waals surface area contributed by atoms with Gasteiger partial charge in [0.2, 0.25) is 0 Å². The third-order valence-electron chi connectivity index (χ3n) is 4.53. The fourth-order valence-corrected chi connectivity index (χ4v) is 3.04. The molecule has 3 rings (SSSR count). The number of aryl methyl sites for hydroxylation is 1. The largest absolute Gasteiger partial charge is 0.373 e. The molecule has 0 radical (unpaired) electrons. The Morgan fingerprint density at radius 3 is 2.68 bits per heavy atom. The Bertz CT molecular complexity index is 680. The van der Waals surface area contributed by atoms with Gasteiger partial charge in [0.1, 0.15) is 6.33 Å². The third kappa shape index (κ3) is 4.57. The average Bonchev–Trinajstić information content (AvgIpc) is 3.07. The van der Waals surface area contributed by atoms with Crippen LogP contribution in [0.5, 0.6) is 0 Å². The van der Waals surface area contributed by atoms with E-state index in [1.165, 1.54) is 5.56 Å². The molecule has 0 saturated carbocycles. The number of nitrogens with zero attached hydrogens (tertiary/aromatic N) is 4. The zero-order chi connectivity index (χ0) is 17.6. The number of aromatic nitrogens is 3. The molecule has 1 N–H and O–H groups in total. The van der Waals surface area contributed by atoms with Gasteiger partial charge in [-0.15, -0.1) is 10.2 Å². The Morgan fingerprint density at radius 1 is 1.32 bits per heavy atom. The van der Waals surface area contributed by atoms with Crippen LogP contribution in [0.15, 0.2) is 36.7 Å². The van der Waals surface area contributed by atoms with Crippen molar-refractivity contribution in [1.29, 1.82) is 0 Å². The van der Waals surface area contributed by atoms with Crippen molar-refractivity contribution in [1.82, 2.24) is 25.0 Å². The number of nitrogens with one attached hydrogen (secondary N) is 1. The van der Waals surface area contributed by atoms with Crippen molar-refractivity contribution >= 4 is 6.03 Å². The van der Waals surface area contributed by atoms with Crippen LogP contribution in [0.25, 0.3) is 0 Å². The van der Waals surface area contributed by atoms with Gasteiger partial charge < -0.3 is 19.5 Å². The number of benzene rings is 1. The molecular formula is C18H25N5O2. The highest BCUT2D eigenvalue weighted by Gasteiger charge is 2.25.